The van der Waals surface area contributed by atoms with Crippen molar-refractivity contribution in [2.45, 2.75) is 25.3 Å². The Morgan fingerprint density at radius 2 is 1.96 bits per heavy atom. The van der Waals surface area contributed by atoms with Crippen LogP contribution in [0.3, 0.4) is 0 Å². The van der Waals surface area contributed by atoms with Gasteiger partial charge in [-0.05, 0) is 42.5 Å². The maximum atomic E-state index is 3.83. The van der Waals surface area contributed by atoms with Crippen molar-refractivity contribution in [3.8, 4) is 0 Å². The van der Waals surface area contributed by atoms with Crippen LogP contribution in [-0.2, 0) is 0 Å². The van der Waals surface area contributed by atoms with E-state index in [-0.39, 0.29) is 0 Å². The molecule has 3 atom stereocenters. The fourth-order valence-corrected chi connectivity index (χ4v) is 4.37. The second-order valence-electron chi connectivity index (χ2n) is 6.86. The number of aromatic nitrogens is 1. The van der Waals surface area contributed by atoms with Crippen molar-refractivity contribution in [3.05, 3.63) is 77.5 Å². The van der Waals surface area contributed by atoms with Crippen LogP contribution in [0, 0.1) is 12.8 Å². The van der Waals surface area contributed by atoms with Crippen molar-refractivity contribution in [3.63, 3.8) is 0 Å². The summed E-state index contributed by atoms with van der Waals surface area (Å²) >= 11 is 0. The lowest BCUT2D eigenvalue weighted by Crippen LogP contribution is -2.28. The summed E-state index contributed by atoms with van der Waals surface area (Å²) in [5.74, 6) is 1.13. The Kier molecular flexibility index (Phi) is 2.69. The number of aryl methyl sites for hydroxylation is 1. The number of para-hydroxylation sites is 1. The van der Waals surface area contributed by atoms with Gasteiger partial charge in [0, 0.05) is 28.7 Å². The fraction of sp³-hybridized carbons (Fsp3) is 0.238. The van der Waals surface area contributed by atoms with E-state index in [1.165, 1.54) is 33.3 Å². The second-order valence-corrected chi connectivity index (χ2v) is 6.86. The maximum absolute atomic E-state index is 3.83. The molecule has 0 saturated carbocycles. The number of benzene rings is 2. The van der Waals surface area contributed by atoms with E-state index in [2.05, 4.69) is 78.0 Å². The largest absolute Gasteiger partial charge is 0.378 e. The van der Waals surface area contributed by atoms with Crippen molar-refractivity contribution in [1.82, 2.24) is 4.98 Å². The Morgan fingerprint density at radius 3 is 2.91 bits per heavy atom. The molecule has 0 spiro atoms. The van der Waals surface area contributed by atoms with Crippen LogP contribution >= 0.6 is 0 Å². The van der Waals surface area contributed by atoms with Gasteiger partial charge in [0.05, 0.1) is 6.04 Å². The highest BCUT2D eigenvalue weighted by molar-refractivity contribution is 5.84. The van der Waals surface area contributed by atoms with E-state index in [9.17, 15) is 0 Å². The first-order valence-electron chi connectivity index (χ1n) is 8.41. The zero-order chi connectivity index (χ0) is 15.4. The number of anilines is 1. The Morgan fingerprint density at radius 1 is 1.04 bits per heavy atom. The van der Waals surface area contributed by atoms with E-state index >= 15 is 0 Å². The molecule has 2 aliphatic rings. The molecule has 2 heterocycles. The van der Waals surface area contributed by atoms with Crippen LogP contribution in [0.5, 0.6) is 0 Å². The fourth-order valence-electron chi connectivity index (χ4n) is 4.37. The van der Waals surface area contributed by atoms with Gasteiger partial charge in [-0.25, -0.2) is 0 Å². The molecule has 0 radical (unpaired) electrons. The van der Waals surface area contributed by atoms with Crippen molar-refractivity contribution < 1.29 is 0 Å². The molecule has 2 nitrogen and oxygen atoms in total. The zero-order valence-corrected chi connectivity index (χ0v) is 13.2. The van der Waals surface area contributed by atoms with E-state index in [0.717, 1.165) is 6.42 Å². The molecule has 2 N–H and O–H groups in total. The van der Waals surface area contributed by atoms with Gasteiger partial charge >= 0.3 is 0 Å². The first kappa shape index (κ1) is 13.0. The smallest absolute Gasteiger partial charge is 0.0574 e. The summed E-state index contributed by atoms with van der Waals surface area (Å²) in [6, 6.07) is 15.8. The number of nitrogens with one attached hydrogen (secondary N) is 2. The molecule has 0 fully saturated rings. The summed E-state index contributed by atoms with van der Waals surface area (Å²) in [6.45, 7) is 2.18. The topological polar surface area (TPSA) is 27.8 Å². The van der Waals surface area contributed by atoms with Gasteiger partial charge in [0.1, 0.15) is 0 Å². The predicted octanol–water partition coefficient (Wildman–Crippen LogP) is 5.30. The molecular weight excluding hydrogens is 280 g/mol. The molecule has 1 aromatic heterocycles. The van der Waals surface area contributed by atoms with Crippen LogP contribution in [0.2, 0.25) is 0 Å². The first-order valence-corrected chi connectivity index (χ1v) is 8.41. The minimum atomic E-state index is 0.362. The molecule has 0 amide bonds. The minimum absolute atomic E-state index is 0.362. The van der Waals surface area contributed by atoms with E-state index in [1.54, 1.807) is 0 Å². The summed E-state index contributed by atoms with van der Waals surface area (Å²) in [4.78, 5) is 3.44. The van der Waals surface area contributed by atoms with Crippen LogP contribution < -0.4 is 5.32 Å². The SMILES string of the molecule is Cc1ccc2c(c1)C1C=CCC1C(c1c[nH]c3ccccc13)N2. The van der Waals surface area contributed by atoms with Gasteiger partial charge in [0.15, 0.2) is 0 Å². The molecule has 0 bridgehead atoms. The standard InChI is InChI=1S/C21H20N2/c1-13-9-10-20-17(11-13)14-6-4-7-16(14)21(23-20)18-12-22-19-8-3-2-5-15(18)19/h2-6,8-12,14,16,21-23H,7H2,1H3. The third-order valence-electron chi connectivity index (χ3n) is 5.47. The monoisotopic (exact) mass is 300 g/mol. The van der Waals surface area contributed by atoms with Gasteiger partial charge in [-0.1, -0.05) is 48.0 Å². The summed E-state index contributed by atoms with van der Waals surface area (Å²) < 4.78 is 0. The highest BCUT2D eigenvalue weighted by Crippen LogP contribution is 2.50. The van der Waals surface area contributed by atoms with E-state index < -0.39 is 0 Å². The van der Waals surface area contributed by atoms with Gasteiger partial charge in [-0.3, -0.25) is 0 Å². The van der Waals surface area contributed by atoms with E-state index in [4.69, 9.17) is 0 Å². The third-order valence-corrected chi connectivity index (χ3v) is 5.47. The third kappa shape index (κ3) is 1.88. The van der Waals surface area contributed by atoms with Crippen LogP contribution in [0.4, 0.5) is 5.69 Å². The number of fused-ring (bicyclic) bond motifs is 4. The van der Waals surface area contributed by atoms with Crippen LogP contribution in [0.1, 0.15) is 35.1 Å². The van der Waals surface area contributed by atoms with Crippen LogP contribution in [0.15, 0.2) is 60.8 Å². The van der Waals surface area contributed by atoms with Crippen LogP contribution in [-0.4, -0.2) is 4.98 Å². The number of hydrogen-bond acceptors (Lipinski definition) is 1. The van der Waals surface area contributed by atoms with Crippen LogP contribution in [0.25, 0.3) is 10.9 Å². The van der Waals surface area contributed by atoms with Gasteiger partial charge in [-0.15, -0.1) is 0 Å². The number of rotatable bonds is 1. The molecule has 0 saturated heterocycles. The molecule has 23 heavy (non-hydrogen) atoms. The number of H-pyrrole nitrogens is 1. The lowest BCUT2D eigenvalue weighted by Gasteiger charge is -2.37. The Hall–Kier alpha value is -2.48. The maximum Gasteiger partial charge on any atom is 0.0574 e. The van der Waals surface area contributed by atoms with Gasteiger partial charge < -0.3 is 10.3 Å². The average Bonchev–Trinajstić information content (AvgIpc) is 3.21. The van der Waals surface area contributed by atoms with E-state index in [0.29, 0.717) is 17.9 Å². The second kappa shape index (κ2) is 4.76. The highest BCUT2D eigenvalue weighted by atomic mass is 15.0. The Balaban J connectivity index is 1.66. The number of hydrogen-bond donors (Lipinski definition) is 2. The lowest BCUT2D eigenvalue weighted by atomic mass is 9.76. The van der Waals surface area contributed by atoms with Crippen molar-refractivity contribution in [1.29, 1.82) is 0 Å². The Labute approximate surface area is 136 Å². The molecule has 5 rings (SSSR count). The van der Waals surface area contributed by atoms with Crippen molar-refractivity contribution >= 4 is 16.6 Å². The van der Waals surface area contributed by atoms with Gasteiger partial charge in [0.25, 0.3) is 0 Å². The highest BCUT2D eigenvalue weighted by Gasteiger charge is 2.38. The van der Waals surface area contributed by atoms with Gasteiger partial charge in [-0.2, -0.15) is 0 Å². The summed E-state index contributed by atoms with van der Waals surface area (Å²) in [5, 5.41) is 5.17. The molecule has 1 aliphatic heterocycles. The first-order chi connectivity index (χ1) is 11.3. The summed E-state index contributed by atoms with van der Waals surface area (Å²) in [5.41, 5.74) is 6.71. The molecule has 2 aromatic carbocycles. The molecule has 2 heteroatoms. The molecule has 3 unspecified atom stereocenters. The van der Waals surface area contributed by atoms with E-state index in [1.807, 2.05) is 0 Å². The number of allylic oxidation sites excluding steroid dienone is 2. The quantitative estimate of drug-likeness (QED) is 0.586. The average molecular weight is 300 g/mol. The molecule has 1 aliphatic carbocycles. The predicted molar refractivity (Wildman–Crippen MR) is 95.8 cm³/mol. The molecule has 3 aromatic rings. The Bertz CT molecular complexity index is 918. The van der Waals surface area contributed by atoms with Gasteiger partial charge in [0.2, 0.25) is 0 Å². The normalized spacial score (nSPS) is 25.2. The lowest BCUT2D eigenvalue weighted by molar-refractivity contribution is 0.427. The minimum Gasteiger partial charge on any atom is -0.378 e. The number of aromatic amines is 1. The van der Waals surface area contributed by atoms with Crippen molar-refractivity contribution in [2.24, 2.45) is 5.92 Å². The molecule has 114 valence electrons. The zero-order valence-electron chi connectivity index (χ0n) is 13.2. The summed E-state index contributed by atoms with van der Waals surface area (Å²) in [6.07, 6.45) is 8.11. The van der Waals surface area contributed by atoms with Crippen molar-refractivity contribution in [2.75, 3.05) is 5.32 Å². The summed E-state index contributed by atoms with van der Waals surface area (Å²) in [7, 11) is 0. The molecular formula is C21H20N2.